The molecule has 0 bridgehead atoms. The van der Waals surface area contributed by atoms with Crippen LogP contribution in [0, 0.1) is 0 Å². The van der Waals surface area contributed by atoms with Crippen LogP contribution in [0.15, 0.2) is 18.2 Å². The van der Waals surface area contributed by atoms with Crippen molar-refractivity contribution < 1.29 is 19.4 Å². The van der Waals surface area contributed by atoms with Gasteiger partial charge in [0.1, 0.15) is 11.3 Å². The molecule has 0 aliphatic heterocycles. The minimum absolute atomic E-state index is 0.0540. The van der Waals surface area contributed by atoms with Gasteiger partial charge in [-0.3, -0.25) is 4.79 Å². The summed E-state index contributed by atoms with van der Waals surface area (Å²) < 4.78 is 5.19. The Hall–Kier alpha value is -1.75. The van der Waals surface area contributed by atoms with E-state index in [2.05, 4.69) is 5.32 Å². The number of nitrogens with one attached hydrogen (secondary N) is 1. The predicted octanol–water partition coefficient (Wildman–Crippen LogP) is 1.70. The highest BCUT2D eigenvalue weighted by atomic mass is 35.5. The third-order valence-electron chi connectivity index (χ3n) is 2.47. The van der Waals surface area contributed by atoms with Gasteiger partial charge in [0.15, 0.2) is 6.61 Å². The van der Waals surface area contributed by atoms with E-state index in [0.717, 1.165) is 12.8 Å². The maximum Gasteiger partial charge on any atom is 0.339 e. The van der Waals surface area contributed by atoms with Crippen molar-refractivity contribution in [3.8, 4) is 5.75 Å². The Labute approximate surface area is 109 Å². The molecular weight excluding hydrogens is 258 g/mol. The Kier molecular flexibility index (Phi) is 3.72. The number of carbonyl (C=O) groups is 2. The molecule has 1 aromatic carbocycles. The Bertz CT molecular complexity index is 485. The lowest BCUT2D eigenvalue weighted by Crippen LogP contribution is -2.30. The van der Waals surface area contributed by atoms with E-state index in [0.29, 0.717) is 5.02 Å². The lowest BCUT2D eigenvalue weighted by molar-refractivity contribution is -0.123. The number of ether oxygens (including phenoxy) is 1. The zero-order valence-corrected chi connectivity index (χ0v) is 10.2. The van der Waals surface area contributed by atoms with E-state index in [1.165, 1.54) is 18.2 Å². The molecule has 2 rings (SSSR count). The van der Waals surface area contributed by atoms with Gasteiger partial charge in [0.2, 0.25) is 0 Å². The molecule has 18 heavy (non-hydrogen) atoms. The maximum atomic E-state index is 11.4. The van der Waals surface area contributed by atoms with Crippen LogP contribution in [0.4, 0.5) is 0 Å². The van der Waals surface area contributed by atoms with E-state index in [1.54, 1.807) is 0 Å². The van der Waals surface area contributed by atoms with Crippen molar-refractivity contribution in [2.45, 2.75) is 18.9 Å². The highest BCUT2D eigenvalue weighted by Crippen LogP contribution is 2.23. The average Bonchev–Trinajstić information content (AvgIpc) is 3.11. The third-order valence-corrected chi connectivity index (χ3v) is 2.71. The van der Waals surface area contributed by atoms with Crippen LogP contribution in [0.25, 0.3) is 0 Å². The van der Waals surface area contributed by atoms with Gasteiger partial charge in [-0.2, -0.15) is 0 Å². The van der Waals surface area contributed by atoms with Crippen molar-refractivity contribution >= 4 is 23.5 Å². The first-order valence-corrected chi connectivity index (χ1v) is 5.89. The van der Waals surface area contributed by atoms with Gasteiger partial charge in [0.25, 0.3) is 5.91 Å². The molecule has 2 N–H and O–H groups in total. The van der Waals surface area contributed by atoms with E-state index in [4.69, 9.17) is 21.4 Å². The molecule has 1 saturated carbocycles. The molecule has 96 valence electrons. The van der Waals surface area contributed by atoms with E-state index >= 15 is 0 Å². The van der Waals surface area contributed by atoms with Crippen LogP contribution < -0.4 is 10.1 Å². The number of rotatable bonds is 5. The zero-order valence-electron chi connectivity index (χ0n) is 9.48. The normalized spacial score (nSPS) is 14.1. The summed E-state index contributed by atoms with van der Waals surface area (Å²) in [6.45, 7) is -0.196. The first-order valence-electron chi connectivity index (χ1n) is 5.51. The molecule has 0 aromatic heterocycles. The molecular formula is C12H12ClNO4. The number of aromatic carboxylic acids is 1. The van der Waals surface area contributed by atoms with Crippen LogP contribution in [-0.2, 0) is 4.79 Å². The number of carboxylic acids is 1. The predicted molar refractivity (Wildman–Crippen MR) is 65.1 cm³/mol. The second kappa shape index (κ2) is 5.27. The second-order valence-electron chi connectivity index (χ2n) is 4.08. The molecule has 0 heterocycles. The van der Waals surface area contributed by atoms with Gasteiger partial charge in [-0.05, 0) is 31.0 Å². The quantitative estimate of drug-likeness (QED) is 0.853. The summed E-state index contributed by atoms with van der Waals surface area (Å²) in [5.41, 5.74) is -0.0540. The van der Waals surface area contributed by atoms with E-state index in [1.807, 2.05) is 0 Å². The fourth-order valence-corrected chi connectivity index (χ4v) is 1.61. The molecule has 0 radical (unpaired) electrons. The SMILES string of the molecule is O=C(COc1ccc(Cl)cc1C(=O)O)NC1CC1. The first-order chi connectivity index (χ1) is 8.56. The van der Waals surface area contributed by atoms with Gasteiger partial charge in [0.05, 0.1) is 0 Å². The standard InChI is InChI=1S/C12H12ClNO4/c13-7-1-4-10(9(5-7)12(16)17)18-6-11(15)14-8-2-3-8/h1,4-5,8H,2-3,6H2,(H,14,15)(H,16,17). The lowest BCUT2D eigenvalue weighted by Gasteiger charge is -2.09. The molecule has 1 aliphatic rings. The first kappa shape index (κ1) is 12.7. The van der Waals surface area contributed by atoms with Gasteiger partial charge in [-0.15, -0.1) is 0 Å². The van der Waals surface area contributed by atoms with Crippen LogP contribution in [0.2, 0.25) is 5.02 Å². The van der Waals surface area contributed by atoms with Crippen molar-refractivity contribution in [3.63, 3.8) is 0 Å². The number of carboxylic acid groups (broad SMARTS) is 1. The van der Waals surface area contributed by atoms with E-state index in [9.17, 15) is 9.59 Å². The molecule has 1 fully saturated rings. The number of amides is 1. The molecule has 0 saturated heterocycles. The number of benzene rings is 1. The summed E-state index contributed by atoms with van der Waals surface area (Å²) in [5, 5.41) is 12.0. The third kappa shape index (κ3) is 3.37. The molecule has 0 unspecified atom stereocenters. The topological polar surface area (TPSA) is 75.6 Å². The number of carbonyl (C=O) groups excluding carboxylic acids is 1. The van der Waals surface area contributed by atoms with Crippen LogP contribution in [0.5, 0.6) is 5.75 Å². The summed E-state index contributed by atoms with van der Waals surface area (Å²) in [4.78, 5) is 22.4. The summed E-state index contributed by atoms with van der Waals surface area (Å²) in [5.74, 6) is -1.25. The fraction of sp³-hybridized carbons (Fsp3) is 0.333. The van der Waals surface area contributed by atoms with Crippen LogP contribution in [0.3, 0.4) is 0 Å². The summed E-state index contributed by atoms with van der Waals surface area (Å²) >= 11 is 5.70. The van der Waals surface area contributed by atoms with Gasteiger partial charge < -0.3 is 15.2 Å². The monoisotopic (exact) mass is 269 g/mol. The smallest absolute Gasteiger partial charge is 0.339 e. The van der Waals surface area contributed by atoms with Gasteiger partial charge in [-0.25, -0.2) is 4.79 Å². The van der Waals surface area contributed by atoms with Crippen molar-refractivity contribution in [1.29, 1.82) is 0 Å². The molecule has 1 amide bonds. The minimum Gasteiger partial charge on any atom is -0.483 e. The van der Waals surface area contributed by atoms with Gasteiger partial charge >= 0.3 is 5.97 Å². The molecule has 1 aliphatic carbocycles. The Morgan fingerprint density at radius 2 is 2.17 bits per heavy atom. The largest absolute Gasteiger partial charge is 0.483 e. The van der Waals surface area contributed by atoms with Crippen molar-refractivity contribution in [3.05, 3.63) is 28.8 Å². The summed E-state index contributed by atoms with van der Waals surface area (Å²) in [6.07, 6.45) is 1.99. The van der Waals surface area contributed by atoms with Crippen LogP contribution in [-0.4, -0.2) is 29.6 Å². The fourth-order valence-electron chi connectivity index (χ4n) is 1.44. The Morgan fingerprint density at radius 3 is 2.78 bits per heavy atom. The molecule has 6 heteroatoms. The maximum absolute atomic E-state index is 11.4. The van der Waals surface area contributed by atoms with Crippen molar-refractivity contribution in [1.82, 2.24) is 5.32 Å². The molecule has 5 nitrogen and oxygen atoms in total. The average molecular weight is 270 g/mol. The Balaban J connectivity index is 1.99. The van der Waals surface area contributed by atoms with Crippen LogP contribution >= 0.6 is 11.6 Å². The van der Waals surface area contributed by atoms with Crippen molar-refractivity contribution in [2.24, 2.45) is 0 Å². The molecule has 0 spiro atoms. The Morgan fingerprint density at radius 1 is 1.44 bits per heavy atom. The van der Waals surface area contributed by atoms with Gasteiger partial charge in [0, 0.05) is 11.1 Å². The number of halogens is 1. The lowest BCUT2D eigenvalue weighted by atomic mass is 10.2. The highest BCUT2D eigenvalue weighted by molar-refractivity contribution is 6.31. The highest BCUT2D eigenvalue weighted by Gasteiger charge is 2.23. The van der Waals surface area contributed by atoms with E-state index in [-0.39, 0.29) is 29.9 Å². The van der Waals surface area contributed by atoms with E-state index < -0.39 is 5.97 Å². The number of hydrogen-bond acceptors (Lipinski definition) is 3. The van der Waals surface area contributed by atoms with Gasteiger partial charge in [-0.1, -0.05) is 11.6 Å². The minimum atomic E-state index is -1.14. The zero-order chi connectivity index (χ0) is 13.1. The molecule has 1 aromatic rings. The summed E-state index contributed by atoms with van der Waals surface area (Å²) in [7, 11) is 0. The number of hydrogen-bond donors (Lipinski definition) is 2. The second-order valence-corrected chi connectivity index (χ2v) is 4.51. The molecule has 0 atom stereocenters. The van der Waals surface area contributed by atoms with Crippen molar-refractivity contribution in [2.75, 3.05) is 6.61 Å². The summed E-state index contributed by atoms with van der Waals surface area (Å²) in [6, 6.07) is 4.50. The van der Waals surface area contributed by atoms with Crippen LogP contribution in [0.1, 0.15) is 23.2 Å².